The van der Waals surface area contributed by atoms with E-state index in [0.717, 1.165) is 28.0 Å². The van der Waals surface area contributed by atoms with E-state index in [1.165, 1.54) is 6.07 Å². The highest BCUT2D eigenvalue weighted by atomic mass is 32.1. The molecule has 1 aromatic heterocycles. The molecule has 0 saturated carbocycles. The van der Waals surface area contributed by atoms with Gasteiger partial charge in [-0.15, -0.1) is 11.3 Å². The van der Waals surface area contributed by atoms with Crippen LogP contribution in [0.1, 0.15) is 30.2 Å². The highest BCUT2D eigenvalue weighted by Gasteiger charge is 2.14. The van der Waals surface area contributed by atoms with Gasteiger partial charge in [0.2, 0.25) is 0 Å². The molecule has 0 atom stereocenters. The van der Waals surface area contributed by atoms with Crippen molar-refractivity contribution in [3.63, 3.8) is 0 Å². The molecule has 0 saturated heterocycles. The Labute approximate surface area is 111 Å². The van der Waals surface area contributed by atoms with Gasteiger partial charge >= 0.3 is 0 Å². The largest absolute Gasteiger partial charge is 0.377 e. The normalized spacial score (nSPS) is 11.3. The zero-order chi connectivity index (χ0) is 13.0. The molecule has 0 aliphatic heterocycles. The minimum absolute atomic E-state index is 0.183. The molecule has 18 heavy (non-hydrogen) atoms. The van der Waals surface area contributed by atoms with Crippen molar-refractivity contribution in [3.8, 4) is 0 Å². The van der Waals surface area contributed by atoms with Crippen molar-refractivity contribution >= 4 is 21.4 Å². The van der Waals surface area contributed by atoms with Crippen LogP contribution in [0.2, 0.25) is 0 Å². The Morgan fingerprint density at radius 1 is 1.39 bits per heavy atom. The van der Waals surface area contributed by atoms with Crippen LogP contribution in [0.4, 0.5) is 4.39 Å². The number of ether oxygens (including phenoxy) is 1. The highest BCUT2D eigenvalue weighted by molar-refractivity contribution is 7.19. The van der Waals surface area contributed by atoms with Crippen molar-refractivity contribution < 1.29 is 9.13 Å². The van der Waals surface area contributed by atoms with Crippen molar-refractivity contribution in [2.45, 2.75) is 32.9 Å². The summed E-state index contributed by atoms with van der Waals surface area (Å²) >= 11 is 1.56. The first kappa shape index (κ1) is 13.5. The van der Waals surface area contributed by atoms with Gasteiger partial charge < -0.3 is 10.5 Å². The molecule has 2 aromatic rings. The van der Waals surface area contributed by atoms with E-state index < -0.39 is 0 Å². The summed E-state index contributed by atoms with van der Waals surface area (Å²) in [6.45, 7) is 3.72. The minimum atomic E-state index is -0.183. The average molecular weight is 267 g/mol. The smallest absolute Gasteiger partial charge is 0.132 e. The fourth-order valence-electron chi connectivity index (χ4n) is 1.95. The van der Waals surface area contributed by atoms with E-state index in [0.29, 0.717) is 25.1 Å². The Morgan fingerprint density at radius 2 is 2.22 bits per heavy atom. The van der Waals surface area contributed by atoms with E-state index >= 15 is 0 Å². The van der Waals surface area contributed by atoms with Gasteiger partial charge in [-0.25, -0.2) is 4.39 Å². The van der Waals surface area contributed by atoms with E-state index in [1.807, 2.05) is 6.07 Å². The summed E-state index contributed by atoms with van der Waals surface area (Å²) < 4.78 is 20.4. The van der Waals surface area contributed by atoms with E-state index in [9.17, 15) is 4.39 Å². The Morgan fingerprint density at radius 3 is 2.94 bits per heavy atom. The number of thiophene rings is 1. The summed E-state index contributed by atoms with van der Waals surface area (Å²) in [4.78, 5) is 1.02. The van der Waals surface area contributed by atoms with Crippen LogP contribution in [0.3, 0.4) is 0 Å². The third-order valence-electron chi connectivity index (χ3n) is 2.92. The van der Waals surface area contributed by atoms with Gasteiger partial charge in [0.1, 0.15) is 5.82 Å². The van der Waals surface area contributed by atoms with Crippen molar-refractivity contribution in [3.05, 3.63) is 34.5 Å². The number of hydrogen-bond acceptors (Lipinski definition) is 3. The predicted octanol–water partition coefficient (Wildman–Crippen LogP) is 3.82. The van der Waals surface area contributed by atoms with Crippen molar-refractivity contribution in [1.82, 2.24) is 0 Å². The maximum atomic E-state index is 13.9. The van der Waals surface area contributed by atoms with Crippen LogP contribution in [-0.2, 0) is 17.9 Å². The van der Waals surface area contributed by atoms with E-state index in [2.05, 4.69) is 6.92 Å². The topological polar surface area (TPSA) is 35.2 Å². The van der Waals surface area contributed by atoms with Gasteiger partial charge in [-0.3, -0.25) is 0 Å². The van der Waals surface area contributed by atoms with Gasteiger partial charge in [-0.2, -0.15) is 0 Å². The molecule has 0 amide bonds. The van der Waals surface area contributed by atoms with Crippen LogP contribution in [0, 0.1) is 5.82 Å². The molecule has 2 rings (SSSR count). The monoisotopic (exact) mass is 267 g/mol. The first-order valence-corrected chi connectivity index (χ1v) is 7.06. The van der Waals surface area contributed by atoms with E-state index in [1.54, 1.807) is 17.4 Å². The standard InChI is InChI=1S/C14H18FNOS/c1-2-3-7-17-9-10-13(8-16)18-12-6-4-5-11(15)14(10)12/h4-6H,2-3,7-9,16H2,1H3. The number of nitrogens with two attached hydrogens (primary N) is 1. The van der Waals surface area contributed by atoms with Crippen LogP contribution in [-0.4, -0.2) is 6.61 Å². The highest BCUT2D eigenvalue weighted by Crippen LogP contribution is 2.33. The van der Waals surface area contributed by atoms with Crippen LogP contribution in [0.5, 0.6) is 0 Å². The van der Waals surface area contributed by atoms with E-state index in [4.69, 9.17) is 10.5 Å². The summed E-state index contributed by atoms with van der Waals surface area (Å²) in [7, 11) is 0. The molecule has 0 aliphatic rings. The SMILES string of the molecule is CCCCOCc1c(CN)sc2cccc(F)c12. The predicted molar refractivity (Wildman–Crippen MR) is 74.2 cm³/mol. The van der Waals surface area contributed by atoms with E-state index in [-0.39, 0.29) is 5.82 Å². The maximum absolute atomic E-state index is 13.9. The number of unbranched alkanes of at least 4 members (excludes halogenated alkanes) is 1. The van der Waals surface area contributed by atoms with Gasteiger partial charge in [0.25, 0.3) is 0 Å². The van der Waals surface area contributed by atoms with Gasteiger partial charge in [0.15, 0.2) is 0 Å². The maximum Gasteiger partial charge on any atom is 0.132 e. The quantitative estimate of drug-likeness (QED) is 0.808. The lowest BCUT2D eigenvalue weighted by atomic mass is 10.1. The number of hydrogen-bond donors (Lipinski definition) is 1. The lowest BCUT2D eigenvalue weighted by Gasteiger charge is -2.05. The summed E-state index contributed by atoms with van der Waals surface area (Å²) in [5.74, 6) is -0.183. The lowest BCUT2D eigenvalue weighted by Crippen LogP contribution is -2.01. The van der Waals surface area contributed by atoms with Crippen LogP contribution < -0.4 is 5.73 Å². The second-order valence-electron chi connectivity index (χ2n) is 4.23. The zero-order valence-corrected chi connectivity index (χ0v) is 11.4. The summed E-state index contributed by atoms with van der Waals surface area (Å²) in [5, 5.41) is 0.680. The van der Waals surface area contributed by atoms with Crippen molar-refractivity contribution in [1.29, 1.82) is 0 Å². The molecule has 0 unspecified atom stereocenters. The Balaban J connectivity index is 2.28. The second-order valence-corrected chi connectivity index (χ2v) is 5.36. The lowest BCUT2D eigenvalue weighted by molar-refractivity contribution is 0.118. The first-order valence-electron chi connectivity index (χ1n) is 6.24. The summed E-state index contributed by atoms with van der Waals surface area (Å²) in [5.41, 5.74) is 6.65. The molecule has 0 fully saturated rings. The fourth-order valence-corrected chi connectivity index (χ4v) is 3.06. The zero-order valence-electron chi connectivity index (χ0n) is 10.5. The fraction of sp³-hybridized carbons (Fsp3) is 0.429. The van der Waals surface area contributed by atoms with Crippen molar-refractivity contribution in [2.75, 3.05) is 6.61 Å². The Hall–Kier alpha value is -0.970. The molecule has 1 aromatic carbocycles. The average Bonchev–Trinajstić information content (AvgIpc) is 2.74. The van der Waals surface area contributed by atoms with Crippen LogP contribution in [0.25, 0.3) is 10.1 Å². The summed E-state index contributed by atoms with van der Waals surface area (Å²) in [6, 6.07) is 5.15. The number of fused-ring (bicyclic) bond motifs is 1. The molecule has 0 aliphatic carbocycles. The number of benzene rings is 1. The molecule has 2 N–H and O–H groups in total. The first-order chi connectivity index (χ1) is 8.77. The number of halogens is 1. The van der Waals surface area contributed by atoms with Gasteiger partial charge in [-0.05, 0) is 18.6 Å². The minimum Gasteiger partial charge on any atom is -0.377 e. The third kappa shape index (κ3) is 2.71. The molecule has 1 heterocycles. The van der Waals surface area contributed by atoms with Gasteiger partial charge in [0.05, 0.1) is 6.61 Å². The number of rotatable bonds is 6. The molecule has 98 valence electrons. The van der Waals surface area contributed by atoms with Crippen molar-refractivity contribution in [2.24, 2.45) is 5.73 Å². The molecular formula is C14H18FNOS. The molecule has 4 heteroatoms. The summed E-state index contributed by atoms with van der Waals surface area (Å²) in [6.07, 6.45) is 2.13. The molecule has 0 bridgehead atoms. The molecular weight excluding hydrogens is 249 g/mol. The van der Waals surface area contributed by atoms with Gasteiger partial charge in [-0.1, -0.05) is 19.4 Å². The van der Waals surface area contributed by atoms with Crippen LogP contribution in [0.15, 0.2) is 18.2 Å². The molecule has 0 spiro atoms. The van der Waals surface area contributed by atoms with Crippen LogP contribution >= 0.6 is 11.3 Å². The molecule has 0 radical (unpaired) electrons. The Bertz CT molecular complexity index is 524. The Kier molecular flexibility index (Phi) is 4.69. The second kappa shape index (κ2) is 6.27. The third-order valence-corrected chi connectivity index (χ3v) is 4.14. The van der Waals surface area contributed by atoms with Gasteiger partial charge in [0, 0.05) is 33.7 Å². The molecule has 2 nitrogen and oxygen atoms in total.